The summed E-state index contributed by atoms with van der Waals surface area (Å²) >= 11 is 0. The highest BCUT2D eigenvalue weighted by Crippen LogP contribution is 2.51. The molecule has 0 fully saturated rings. The number of aromatic nitrogens is 5. The van der Waals surface area contributed by atoms with E-state index in [1.54, 1.807) is 12.4 Å². The number of hydrogen-bond acceptors (Lipinski definition) is 6. The third kappa shape index (κ3) is 4.24. The van der Waals surface area contributed by atoms with E-state index >= 15 is 0 Å². The molecule has 0 atom stereocenters. The number of fused-ring (bicyclic) bond motifs is 5. The maximum atomic E-state index is 9.54. The molecule has 0 radical (unpaired) electrons. The number of rotatable bonds is 4. The van der Waals surface area contributed by atoms with Crippen LogP contribution in [0.2, 0.25) is 0 Å². The fraction of sp³-hybridized carbons (Fsp3) is 0. The van der Waals surface area contributed by atoms with E-state index in [0.29, 0.717) is 23.0 Å². The predicted molar refractivity (Wildman–Crippen MR) is 199 cm³/mol. The van der Waals surface area contributed by atoms with Gasteiger partial charge in [-0.25, -0.2) is 15.0 Å². The van der Waals surface area contributed by atoms with E-state index in [9.17, 15) is 5.26 Å². The van der Waals surface area contributed by atoms with Crippen molar-refractivity contribution in [2.75, 3.05) is 0 Å². The second-order valence-corrected chi connectivity index (χ2v) is 12.4. The molecule has 230 valence electrons. The molecule has 0 spiro atoms. The normalized spacial score (nSPS) is 11.6. The molecule has 0 N–H and O–H groups in total. The van der Waals surface area contributed by atoms with E-state index in [4.69, 9.17) is 15.0 Å². The van der Waals surface area contributed by atoms with Crippen LogP contribution in [0.3, 0.4) is 0 Å². The van der Waals surface area contributed by atoms with Crippen LogP contribution < -0.4 is 0 Å². The molecule has 6 aromatic carbocycles. The lowest BCUT2D eigenvalue weighted by Gasteiger charge is -2.16. The van der Waals surface area contributed by atoms with Crippen molar-refractivity contribution >= 4 is 32.3 Å². The number of pyridine rings is 2. The predicted octanol–water partition coefficient (Wildman–Crippen LogP) is 10.3. The van der Waals surface area contributed by atoms with Crippen molar-refractivity contribution in [3.8, 4) is 73.6 Å². The van der Waals surface area contributed by atoms with Crippen LogP contribution in [0.15, 0.2) is 146 Å². The van der Waals surface area contributed by atoms with Gasteiger partial charge in [0.1, 0.15) is 0 Å². The summed E-state index contributed by atoms with van der Waals surface area (Å²) in [5.41, 5.74) is 10.2. The van der Waals surface area contributed by atoms with E-state index < -0.39 is 0 Å². The van der Waals surface area contributed by atoms with Crippen molar-refractivity contribution in [1.29, 1.82) is 5.26 Å². The topological polar surface area (TPSA) is 88.2 Å². The van der Waals surface area contributed by atoms with Gasteiger partial charge in [0.05, 0.1) is 11.6 Å². The van der Waals surface area contributed by atoms with E-state index in [2.05, 4.69) is 88.8 Å². The van der Waals surface area contributed by atoms with Crippen LogP contribution in [0.5, 0.6) is 0 Å². The standard InChI is InChI=1S/C44H24N6/c45-23-26-11-13-27(14-12-26)32-15-16-35-33-7-1-2-8-34(33)36-17-18-39(40(32)41(35)36)44-49-42(37-9-3-5-28-24-46-21-19-30(28)37)48-43(50-44)38-10-4-6-29-25-47-22-20-31(29)38/h1-22,24-25H. The summed E-state index contributed by atoms with van der Waals surface area (Å²) in [5.74, 6) is 1.75. The van der Waals surface area contributed by atoms with Gasteiger partial charge in [-0.15, -0.1) is 0 Å². The van der Waals surface area contributed by atoms with Gasteiger partial charge in [-0.3, -0.25) is 9.97 Å². The Morgan fingerprint density at radius 3 is 1.44 bits per heavy atom. The van der Waals surface area contributed by atoms with Gasteiger partial charge in [-0.1, -0.05) is 91.0 Å². The Morgan fingerprint density at radius 2 is 0.880 bits per heavy atom. The number of nitriles is 1. The Morgan fingerprint density at radius 1 is 0.400 bits per heavy atom. The Hall–Kier alpha value is -7.10. The van der Waals surface area contributed by atoms with E-state index in [0.717, 1.165) is 54.7 Å². The first kappa shape index (κ1) is 28.0. The summed E-state index contributed by atoms with van der Waals surface area (Å²) in [6.45, 7) is 0. The number of nitrogens with zero attached hydrogens (tertiary/aromatic N) is 6. The molecule has 0 unspecified atom stereocenters. The lowest BCUT2D eigenvalue weighted by atomic mass is 9.90. The van der Waals surface area contributed by atoms with Crippen molar-refractivity contribution in [2.24, 2.45) is 0 Å². The molecule has 0 bridgehead atoms. The molecule has 0 saturated carbocycles. The van der Waals surface area contributed by atoms with Gasteiger partial charge in [0.25, 0.3) is 0 Å². The van der Waals surface area contributed by atoms with Gasteiger partial charge < -0.3 is 0 Å². The lowest BCUT2D eigenvalue weighted by molar-refractivity contribution is 1.08. The molecule has 1 aliphatic rings. The zero-order chi connectivity index (χ0) is 33.2. The van der Waals surface area contributed by atoms with Crippen LogP contribution in [-0.2, 0) is 0 Å². The molecular weight excluding hydrogens is 613 g/mol. The van der Waals surface area contributed by atoms with Gasteiger partial charge in [-0.2, -0.15) is 5.26 Å². The highest BCUT2D eigenvalue weighted by molar-refractivity contribution is 6.22. The van der Waals surface area contributed by atoms with Crippen LogP contribution in [0, 0.1) is 11.3 Å². The molecule has 3 heterocycles. The van der Waals surface area contributed by atoms with Crippen molar-refractivity contribution in [3.63, 3.8) is 0 Å². The van der Waals surface area contributed by atoms with Crippen LogP contribution in [-0.4, -0.2) is 24.9 Å². The van der Waals surface area contributed by atoms with E-state index in [1.807, 2.05) is 60.9 Å². The first-order valence-corrected chi connectivity index (χ1v) is 16.4. The van der Waals surface area contributed by atoms with E-state index in [1.165, 1.54) is 27.6 Å². The number of hydrogen-bond donors (Lipinski definition) is 0. The van der Waals surface area contributed by atoms with Crippen molar-refractivity contribution in [2.45, 2.75) is 0 Å². The second-order valence-electron chi connectivity index (χ2n) is 12.4. The Balaban J connectivity index is 1.31. The largest absolute Gasteiger partial charge is 0.264 e. The fourth-order valence-corrected chi connectivity index (χ4v) is 7.42. The number of benzene rings is 6. The molecule has 0 amide bonds. The van der Waals surface area contributed by atoms with Crippen molar-refractivity contribution in [3.05, 3.63) is 152 Å². The fourth-order valence-electron chi connectivity index (χ4n) is 7.42. The molecule has 3 aromatic heterocycles. The molecule has 50 heavy (non-hydrogen) atoms. The summed E-state index contributed by atoms with van der Waals surface area (Å²) < 4.78 is 0. The van der Waals surface area contributed by atoms with Gasteiger partial charge in [0, 0.05) is 57.6 Å². The van der Waals surface area contributed by atoms with Crippen LogP contribution in [0.25, 0.3) is 99.9 Å². The van der Waals surface area contributed by atoms with Crippen LogP contribution >= 0.6 is 0 Å². The third-order valence-corrected chi connectivity index (χ3v) is 9.71. The van der Waals surface area contributed by atoms with Gasteiger partial charge in [-0.05, 0) is 79.9 Å². The minimum atomic E-state index is 0.580. The van der Waals surface area contributed by atoms with Gasteiger partial charge in [0.15, 0.2) is 17.5 Å². The highest BCUT2D eigenvalue weighted by atomic mass is 15.0. The molecule has 10 rings (SSSR count). The molecule has 0 aliphatic heterocycles. The average molecular weight is 637 g/mol. The Labute approximate surface area is 287 Å². The lowest BCUT2D eigenvalue weighted by Crippen LogP contribution is -2.02. The molecular formula is C44H24N6. The van der Waals surface area contributed by atoms with Crippen molar-refractivity contribution < 1.29 is 0 Å². The third-order valence-electron chi connectivity index (χ3n) is 9.71. The minimum Gasteiger partial charge on any atom is -0.264 e. The zero-order valence-corrected chi connectivity index (χ0v) is 26.5. The smallest absolute Gasteiger partial charge is 0.164 e. The van der Waals surface area contributed by atoms with Crippen LogP contribution in [0.1, 0.15) is 5.56 Å². The summed E-state index contributed by atoms with van der Waals surface area (Å²) in [7, 11) is 0. The monoisotopic (exact) mass is 636 g/mol. The SMILES string of the molecule is N#Cc1ccc(-c2ccc3c4c(ccc(-c5nc(-c6cccc7cnccc67)nc(-c6cccc7cnccc67)n5)c24)-c2ccccc2-3)cc1. The zero-order valence-electron chi connectivity index (χ0n) is 26.5. The second kappa shape index (κ2) is 11.0. The molecule has 0 saturated heterocycles. The Kier molecular flexibility index (Phi) is 6.14. The maximum Gasteiger partial charge on any atom is 0.164 e. The summed E-state index contributed by atoms with van der Waals surface area (Å²) in [6, 6.07) is 43.6. The minimum absolute atomic E-state index is 0.580. The highest BCUT2D eigenvalue weighted by Gasteiger charge is 2.26. The summed E-state index contributed by atoms with van der Waals surface area (Å²) in [6.07, 6.45) is 7.34. The van der Waals surface area contributed by atoms with Gasteiger partial charge in [0.2, 0.25) is 0 Å². The van der Waals surface area contributed by atoms with Crippen molar-refractivity contribution in [1.82, 2.24) is 24.9 Å². The van der Waals surface area contributed by atoms with Gasteiger partial charge >= 0.3 is 0 Å². The molecule has 6 heteroatoms. The first-order chi connectivity index (χ1) is 24.7. The van der Waals surface area contributed by atoms with E-state index in [-0.39, 0.29) is 0 Å². The average Bonchev–Trinajstić information content (AvgIpc) is 3.52. The molecule has 6 nitrogen and oxygen atoms in total. The first-order valence-electron chi connectivity index (χ1n) is 16.4. The van der Waals surface area contributed by atoms with Crippen LogP contribution in [0.4, 0.5) is 0 Å². The Bertz CT molecular complexity index is 2750. The molecule has 9 aromatic rings. The molecule has 1 aliphatic carbocycles. The maximum absolute atomic E-state index is 9.54. The summed E-state index contributed by atoms with van der Waals surface area (Å²) in [4.78, 5) is 24.4. The summed E-state index contributed by atoms with van der Waals surface area (Å²) in [5, 5.41) is 15.8. The quantitative estimate of drug-likeness (QED) is 0.191.